The van der Waals surface area contributed by atoms with Gasteiger partial charge in [-0.1, -0.05) is 26.3 Å². The highest BCUT2D eigenvalue weighted by Gasteiger charge is 2.30. The van der Waals surface area contributed by atoms with Crippen molar-refractivity contribution in [3.63, 3.8) is 0 Å². The topological polar surface area (TPSA) is 13.0 Å². The van der Waals surface area contributed by atoms with Crippen LogP contribution in [-0.2, 0) is 0 Å². The van der Waals surface area contributed by atoms with E-state index >= 15 is 0 Å². The van der Waals surface area contributed by atoms with Gasteiger partial charge in [-0.2, -0.15) is 0 Å². The smallest absolute Gasteiger partial charge is 0.0332 e. The van der Waals surface area contributed by atoms with E-state index in [1.165, 1.54) is 37.1 Å². The Morgan fingerprint density at radius 1 is 0.652 bits per heavy atom. The Bertz CT molecular complexity index is 467. The van der Waals surface area contributed by atoms with Gasteiger partial charge in [0.15, 0.2) is 0 Å². The zero-order chi connectivity index (χ0) is 17.3. The van der Waals surface area contributed by atoms with Gasteiger partial charge < -0.3 is 0 Å². The largest absolute Gasteiger partial charge is 0.293 e. The van der Waals surface area contributed by atoms with E-state index < -0.39 is 0 Å². The first-order chi connectivity index (χ1) is 10.7. The lowest BCUT2D eigenvalue weighted by Gasteiger charge is -2.38. The zero-order valence-electron chi connectivity index (χ0n) is 15.3. The van der Waals surface area contributed by atoms with E-state index in [0.717, 1.165) is 17.8 Å². The van der Waals surface area contributed by atoms with Crippen molar-refractivity contribution in [1.82, 2.24) is 20.0 Å². The third-order valence-corrected chi connectivity index (χ3v) is 5.15. The molecule has 2 saturated carbocycles. The molecule has 2 fully saturated rings. The second kappa shape index (κ2) is 6.73. The van der Waals surface area contributed by atoms with Gasteiger partial charge in [0.25, 0.3) is 0 Å². The van der Waals surface area contributed by atoms with Crippen LogP contribution >= 0.6 is 0 Å². The standard InChI is InChI=1S/C19H32N4/c1-14(20(5)22(7)16(3)18-9-10-18)13-15(2)21(6)23(8)17(4)19-11-12-19/h18-19H,1-4,9-13H2,5-8H3. The Kier molecular flexibility index (Phi) is 5.12. The highest BCUT2D eigenvalue weighted by atomic mass is 15.6. The lowest BCUT2D eigenvalue weighted by molar-refractivity contribution is 0.0795. The number of nitrogens with zero attached hydrogens (tertiary/aromatic N) is 4. The molecule has 2 aliphatic carbocycles. The van der Waals surface area contributed by atoms with E-state index in [1.54, 1.807) is 0 Å². The molecule has 2 rings (SSSR count). The summed E-state index contributed by atoms with van der Waals surface area (Å²) in [7, 11) is 8.19. The maximum atomic E-state index is 4.23. The monoisotopic (exact) mass is 316 g/mol. The Morgan fingerprint density at radius 2 is 0.957 bits per heavy atom. The van der Waals surface area contributed by atoms with Crippen LogP contribution in [0.4, 0.5) is 0 Å². The Balaban J connectivity index is 1.86. The molecule has 0 heterocycles. The van der Waals surface area contributed by atoms with E-state index in [1.807, 2.05) is 14.1 Å². The molecule has 128 valence electrons. The molecule has 0 aromatic carbocycles. The molecule has 0 unspecified atom stereocenters. The van der Waals surface area contributed by atoms with Gasteiger partial charge >= 0.3 is 0 Å². The molecule has 0 N–H and O–H groups in total. The van der Waals surface area contributed by atoms with Crippen LogP contribution in [-0.4, -0.2) is 48.2 Å². The van der Waals surface area contributed by atoms with Crippen LogP contribution in [0.25, 0.3) is 0 Å². The quantitative estimate of drug-likeness (QED) is 0.568. The number of allylic oxidation sites excluding steroid dienone is 2. The maximum absolute atomic E-state index is 4.23. The van der Waals surface area contributed by atoms with Crippen molar-refractivity contribution in [3.8, 4) is 0 Å². The SMILES string of the molecule is C=C(CC(=C)N(C)N(C)C(=C)C1CC1)N(C)N(C)C(=C)C1CC1. The third-order valence-electron chi connectivity index (χ3n) is 5.15. The average Bonchev–Trinajstić information content (AvgIpc) is 3.41. The van der Waals surface area contributed by atoms with Crippen LogP contribution in [0.15, 0.2) is 49.1 Å². The molecule has 0 radical (unpaired) electrons. The van der Waals surface area contributed by atoms with Crippen LogP contribution in [0.2, 0.25) is 0 Å². The Hall–Kier alpha value is -1.84. The second-order valence-corrected chi connectivity index (χ2v) is 6.93. The predicted octanol–water partition coefficient (Wildman–Crippen LogP) is 3.81. The molecule has 0 saturated heterocycles. The lowest BCUT2D eigenvalue weighted by atomic mass is 10.2. The van der Waals surface area contributed by atoms with Crippen molar-refractivity contribution in [1.29, 1.82) is 0 Å². The molecule has 0 bridgehead atoms. The first-order valence-corrected chi connectivity index (χ1v) is 8.41. The van der Waals surface area contributed by atoms with Crippen molar-refractivity contribution in [2.24, 2.45) is 11.8 Å². The molecule has 0 spiro atoms. The molecule has 4 heteroatoms. The van der Waals surface area contributed by atoms with E-state index in [2.05, 4.69) is 60.4 Å². The third kappa shape index (κ3) is 4.12. The summed E-state index contributed by atoms with van der Waals surface area (Å²) in [6, 6.07) is 0. The summed E-state index contributed by atoms with van der Waals surface area (Å²) in [5, 5.41) is 8.38. The Labute approximate surface area is 142 Å². The number of rotatable bonds is 10. The van der Waals surface area contributed by atoms with Gasteiger partial charge in [-0.25, -0.2) is 0 Å². The predicted molar refractivity (Wildman–Crippen MR) is 97.7 cm³/mol. The molecule has 23 heavy (non-hydrogen) atoms. The van der Waals surface area contributed by atoms with E-state index in [0.29, 0.717) is 11.8 Å². The molecule has 4 nitrogen and oxygen atoms in total. The van der Waals surface area contributed by atoms with Crippen molar-refractivity contribution < 1.29 is 0 Å². The molecule has 0 aliphatic heterocycles. The van der Waals surface area contributed by atoms with Crippen molar-refractivity contribution in [2.75, 3.05) is 28.2 Å². The normalized spacial score (nSPS) is 16.5. The van der Waals surface area contributed by atoms with Crippen LogP contribution in [0.3, 0.4) is 0 Å². The van der Waals surface area contributed by atoms with Gasteiger partial charge in [-0.3, -0.25) is 20.0 Å². The minimum absolute atomic E-state index is 0.647. The molecular weight excluding hydrogens is 284 g/mol. The average molecular weight is 316 g/mol. The summed E-state index contributed by atoms with van der Waals surface area (Å²) in [6.45, 7) is 16.9. The molecule has 0 atom stereocenters. The van der Waals surface area contributed by atoms with Gasteiger partial charge in [-0.05, 0) is 25.7 Å². The fourth-order valence-corrected chi connectivity index (χ4v) is 2.64. The molecular formula is C19H32N4. The fourth-order valence-electron chi connectivity index (χ4n) is 2.64. The van der Waals surface area contributed by atoms with Gasteiger partial charge in [-0.15, -0.1) is 0 Å². The van der Waals surface area contributed by atoms with Gasteiger partial charge in [0.2, 0.25) is 0 Å². The van der Waals surface area contributed by atoms with E-state index in [9.17, 15) is 0 Å². The minimum Gasteiger partial charge on any atom is -0.293 e. The molecule has 2 aliphatic rings. The van der Waals surface area contributed by atoms with Crippen molar-refractivity contribution in [3.05, 3.63) is 49.1 Å². The van der Waals surface area contributed by atoms with Crippen LogP contribution < -0.4 is 0 Å². The summed E-state index contributed by atoms with van der Waals surface area (Å²) in [6.07, 6.45) is 5.75. The van der Waals surface area contributed by atoms with Gasteiger partial charge in [0.05, 0.1) is 0 Å². The summed E-state index contributed by atoms with van der Waals surface area (Å²) >= 11 is 0. The van der Waals surface area contributed by atoms with Gasteiger partial charge in [0, 0.05) is 69.2 Å². The maximum Gasteiger partial charge on any atom is 0.0332 e. The van der Waals surface area contributed by atoms with Crippen LogP contribution in [0.5, 0.6) is 0 Å². The minimum atomic E-state index is 0.647. The number of hydrazine groups is 2. The zero-order valence-corrected chi connectivity index (χ0v) is 15.3. The van der Waals surface area contributed by atoms with E-state index in [-0.39, 0.29) is 0 Å². The number of hydrogen-bond donors (Lipinski definition) is 0. The van der Waals surface area contributed by atoms with Crippen LogP contribution in [0.1, 0.15) is 32.1 Å². The van der Waals surface area contributed by atoms with Crippen molar-refractivity contribution in [2.45, 2.75) is 32.1 Å². The van der Waals surface area contributed by atoms with Crippen LogP contribution in [0, 0.1) is 11.8 Å². The van der Waals surface area contributed by atoms with E-state index in [4.69, 9.17) is 0 Å². The first-order valence-electron chi connectivity index (χ1n) is 8.41. The highest BCUT2D eigenvalue weighted by molar-refractivity contribution is 5.12. The Morgan fingerprint density at radius 3 is 1.22 bits per heavy atom. The summed E-state index contributed by atoms with van der Waals surface area (Å²) in [5.41, 5.74) is 4.37. The summed E-state index contributed by atoms with van der Waals surface area (Å²) < 4.78 is 0. The summed E-state index contributed by atoms with van der Waals surface area (Å²) in [5.74, 6) is 1.29. The molecule has 0 amide bonds. The number of hydrogen-bond acceptors (Lipinski definition) is 4. The lowest BCUT2D eigenvalue weighted by Crippen LogP contribution is -2.38. The molecule has 0 aromatic heterocycles. The van der Waals surface area contributed by atoms with Crippen molar-refractivity contribution >= 4 is 0 Å². The molecule has 0 aromatic rings. The first kappa shape index (κ1) is 17.5. The highest BCUT2D eigenvalue weighted by Crippen LogP contribution is 2.38. The fraction of sp³-hybridized carbons (Fsp3) is 0.579. The second-order valence-electron chi connectivity index (χ2n) is 6.93. The summed E-state index contributed by atoms with van der Waals surface area (Å²) in [4.78, 5) is 0. The van der Waals surface area contributed by atoms with Gasteiger partial charge in [0.1, 0.15) is 0 Å².